The molecule has 2 fully saturated rings. The number of amides is 1. The maximum Gasteiger partial charge on any atom is 0.243 e. The molecule has 1 aliphatic carbocycles. The first kappa shape index (κ1) is 20.1. The Bertz CT molecular complexity index is 765. The van der Waals surface area contributed by atoms with Crippen molar-refractivity contribution in [2.45, 2.75) is 57.3 Å². The summed E-state index contributed by atoms with van der Waals surface area (Å²) in [7, 11) is -3.56. The largest absolute Gasteiger partial charge is 0.370 e. The van der Waals surface area contributed by atoms with E-state index in [-0.39, 0.29) is 16.7 Å². The molecule has 27 heavy (non-hydrogen) atoms. The molecule has 1 aromatic carbocycles. The Morgan fingerprint density at radius 1 is 1.11 bits per heavy atom. The molecule has 0 spiro atoms. The summed E-state index contributed by atoms with van der Waals surface area (Å²) in [6.45, 7) is 6.40. The van der Waals surface area contributed by atoms with Crippen molar-refractivity contribution >= 4 is 27.3 Å². The smallest absolute Gasteiger partial charge is 0.243 e. The van der Waals surface area contributed by atoms with Crippen LogP contribution < -0.4 is 10.2 Å². The van der Waals surface area contributed by atoms with E-state index in [1.165, 1.54) is 10.7 Å². The highest BCUT2D eigenvalue weighted by atomic mass is 32.2. The minimum absolute atomic E-state index is 0.0110. The van der Waals surface area contributed by atoms with Crippen molar-refractivity contribution in [1.82, 2.24) is 4.31 Å². The number of carbonyl (C=O) groups excluding carboxylic acids is 1. The maximum atomic E-state index is 12.9. The summed E-state index contributed by atoms with van der Waals surface area (Å²) < 4.78 is 27.3. The molecule has 7 heteroatoms. The molecular weight excluding hydrogens is 362 g/mol. The SMILES string of the molecule is CCN(CC)S(=O)(=O)c1ccc(N2CCCCC2)c(NC(=O)C2CCC2)c1. The van der Waals surface area contributed by atoms with Crippen LogP contribution in [0.5, 0.6) is 0 Å². The number of anilines is 2. The monoisotopic (exact) mass is 393 g/mol. The van der Waals surface area contributed by atoms with E-state index in [0.29, 0.717) is 18.8 Å². The molecule has 1 aliphatic heterocycles. The third-order valence-corrected chi connectivity index (χ3v) is 7.79. The average molecular weight is 394 g/mol. The van der Waals surface area contributed by atoms with Gasteiger partial charge in [0.2, 0.25) is 15.9 Å². The number of rotatable bonds is 7. The van der Waals surface area contributed by atoms with E-state index in [4.69, 9.17) is 0 Å². The number of sulfonamides is 1. The van der Waals surface area contributed by atoms with Crippen LogP contribution in [0, 0.1) is 5.92 Å². The van der Waals surface area contributed by atoms with Gasteiger partial charge in [0.05, 0.1) is 16.3 Å². The Morgan fingerprint density at radius 3 is 2.33 bits per heavy atom. The van der Waals surface area contributed by atoms with Crippen LogP contribution in [-0.4, -0.2) is 44.8 Å². The van der Waals surface area contributed by atoms with E-state index in [1.807, 2.05) is 19.9 Å². The Morgan fingerprint density at radius 2 is 1.78 bits per heavy atom. The van der Waals surface area contributed by atoms with Gasteiger partial charge in [-0.2, -0.15) is 4.31 Å². The number of benzene rings is 1. The molecule has 1 amide bonds. The van der Waals surface area contributed by atoms with Crippen LogP contribution in [0.3, 0.4) is 0 Å². The van der Waals surface area contributed by atoms with Crippen LogP contribution in [0.15, 0.2) is 23.1 Å². The van der Waals surface area contributed by atoms with Gasteiger partial charge in [-0.3, -0.25) is 4.79 Å². The molecule has 0 bridgehead atoms. The zero-order valence-electron chi connectivity index (χ0n) is 16.4. The minimum Gasteiger partial charge on any atom is -0.370 e. The van der Waals surface area contributed by atoms with Gasteiger partial charge in [-0.25, -0.2) is 8.42 Å². The summed E-state index contributed by atoms with van der Waals surface area (Å²) in [5, 5.41) is 3.03. The van der Waals surface area contributed by atoms with Gasteiger partial charge in [-0.05, 0) is 50.3 Å². The molecular formula is C20H31N3O3S. The van der Waals surface area contributed by atoms with Crippen molar-refractivity contribution in [3.05, 3.63) is 18.2 Å². The van der Waals surface area contributed by atoms with E-state index in [2.05, 4.69) is 10.2 Å². The Hall–Kier alpha value is -1.60. The highest BCUT2D eigenvalue weighted by Gasteiger charge is 2.28. The minimum atomic E-state index is -3.56. The number of nitrogens with zero attached hydrogens (tertiary/aromatic N) is 2. The summed E-state index contributed by atoms with van der Waals surface area (Å²) >= 11 is 0. The Labute approximate surface area is 163 Å². The third kappa shape index (κ3) is 4.29. The normalized spacial score (nSPS) is 18.4. The van der Waals surface area contributed by atoms with Crippen LogP contribution in [0.25, 0.3) is 0 Å². The predicted molar refractivity (Wildman–Crippen MR) is 109 cm³/mol. The van der Waals surface area contributed by atoms with Crippen LogP contribution in [0.2, 0.25) is 0 Å². The Balaban J connectivity index is 1.95. The number of piperidine rings is 1. The lowest BCUT2D eigenvalue weighted by molar-refractivity contribution is -0.122. The molecule has 1 saturated heterocycles. The number of hydrogen-bond acceptors (Lipinski definition) is 4. The molecule has 0 atom stereocenters. The van der Waals surface area contributed by atoms with Gasteiger partial charge in [0.15, 0.2) is 0 Å². The number of hydrogen-bond donors (Lipinski definition) is 1. The molecule has 1 heterocycles. The quantitative estimate of drug-likeness (QED) is 0.770. The van der Waals surface area contributed by atoms with Crippen LogP contribution in [0.1, 0.15) is 52.4 Å². The summed E-state index contributed by atoms with van der Waals surface area (Å²) in [5.74, 6) is 0.0687. The molecule has 0 radical (unpaired) electrons. The van der Waals surface area contributed by atoms with E-state index in [1.54, 1.807) is 12.1 Å². The summed E-state index contributed by atoms with van der Waals surface area (Å²) in [6.07, 6.45) is 6.39. The van der Waals surface area contributed by atoms with Gasteiger partial charge in [0.25, 0.3) is 0 Å². The first-order valence-electron chi connectivity index (χ1n) is 10.2. The fourth-order valence-electron chi connectivity index (χ4n) is 3.80. The van der Waals surface area contributed by atoms with E-state index >= 15 is 0 Å². The van der Waals surface area contributed by atoms with Gasteiger partial charge >= 0.3 is 0 Å². The number of nitrogens with one attached hydrogen (secondary N) is 1. The zero-order valence-corrected chi connectivity index (χ0v) is 17.2. The standard InChI is InChI=1S/C20H31N3O3S/c1-3-23(4-2)27(25,26)17-11-12-19(22-13-6-5-7-14-22)18(15-17)21-20(24)16-9-8-10-16/h11-12,15-16H,3-10,13-14H2,1-2H3,(H,21,24). The van der Waals surface area contributed by atoms with E-state index in [0.717, 1.165) is 50.9 Å². The van der Waals surface area contributed by atoms with Crippen molar-refractivity contribution < 1.29 is 13.2 Å². The zero-order chi connectivity index (χ0) is 19.4. The molecule has 1 N–H and O–H groups in total. The van der Waals surface area contributed by atoms with Crippen LogP contribution in [0.4, 0.5) is 11.4 Å². The van der Waals surface area contributed by atoms with Gasteiger partial charge in [0, 0.05) is 32.1 Å². The highest BCUT2D eigenvalue weighted by Crippen LogP contribution is 2.34. The number of carbonyl (C=O) groups is 1. The molecule has 1 aromatic rings. The molecule has 0 unspecified atom stereocenters. The molecule has 0 aromatic heterocycles. The second-order valence-electron chi connectivity index (χ2n) is 7.43. The maximum absolute atomic E-state index is 12.9. The van der Waals surface area contributed by atoms with Gasteiger partial charge < -0.3 is 10.2 Å². The lowest BCUT2D eigenvalue weighted by atomic mass is 9.85. The lowest BCUT2D eigenvalue weighted by Gasteiger charge is -2.32. The second kappa shape index (κ2) is 8.61. The topological polar surface area (TPSA) is 69.7 Å². The lowest BCUT2D eigenvalue weighted by Crippen LogP contribution is -2.33. The van der Waals surface area contributed by atoms with Crippen molar-refractivity contribution in [1.29, 1.82) is 0 Å². The van der Waals surface area contributed by atoms with E-state index in [9.17, 15) is 13.2 Å². The molecule has 150 valence electrons. The Kier molecular flexibility index (Phi) is 6.42. The molecule has 1 saturated carbocycles. The second-order valence-corrected chi connectivity index (χ2v) is 9.37. The van der Waals surface area contributed by atoms with Crippen molar-refractivity contribution in [3.8, 4) is 0 Å². The fourth-order valence-corrected chi connectivity index (χ4v) is 5.29. The summed E-state index contributed by atoms with van der Waals surface area (Å²) in [6, 6.07) is 5.18. The molecule has 3 rings (SSSR count). The fraction of sp³-hybridized carbons (Fsp3) is 0.650. The van der Waals surface area contributed by atoms with E-state index < -0.39 is 10.0 Å². The van der Waals surface area contributed by atoms with Gasteiger partial charge in [0.1, 0.15) is 0 Å². The summed E-state index contributed by atoms with van der Waals surface area (Å²) in [5.41, 5.74) is 1.56. The molecule has 6 nitrogen and oxygen atoms in total. The van der Waals surface area contributed by atoms with Gasteiger partial charge in [-0.15, -0.1) is 0 Å². The molecule has 2 aliphatic rings. The van der Waals surface area contributed by atoms with Crippen molar-refractivity contribution in [2.75, 3.05) is 36.4 Å². The highest BCUT2D eigenvalue weighted by molar-refractivity contribution is 7.89. The predicted octanol–water partition coefficient (Wildman–Crippen LogP) is 3.45. The van der Waals surface area contributed by atoms with Gasteiger partial charge in [-0.1, -0.05) is 20.3 Å². The van der Waals surface area contributed by atoms with Crippen LogP contribution in [-0.2, 0) is 14.8 Å². The first-order valence-corrected chi connectivity index (χ1v) is 11.6. The third-order valence-electron chi connectivity index (χ3n) is 5.74. The van der Waals surface area contributed by atoms with Crippen molar-refractivity contribution in [2.24, 2.45) is 5.92 Å². The first-order chi connectivity index (χ1) is 13.0. The van der Waals surface area contributed by atoms with Crippen molar-refractivity contribution in [3.63, 3.8) is 0 Å². The average Bonchev–Trinajstić information content (AvgIpc) is 2.61. The van der Waals surface area contributed by atoms with Crippen LogP contribution >= 0.6 is 0 Å². The summed E-state index contributed by atoms with van der Waals surface area (Å²) in [4.78, 5) is 15.1.